The molecule has 0 saturated carbocycles. The fourth-order valence-corrected chi connectivity index (χ4v) is 2.85. The minimum Gasteiger partial charge on any atom is -0.497 e. The Balaban J connectivity index is 1.70. The molecule has 1 aliphatic rings. The number of benzene rings is 2. The van der Waals surface area contributed by atoms with Gasteiger partial charge in [-0.1, -0.05) is 30.3 Å². The van der Waals surface area contributed by atoms with Crippen LogP contribution in [0.1, 0.15) is 12.5 Å². The van der Waals surface area contributed by atoms with Crippen molar-refractivity contribution in [3.8, 4) is 5.75 Å². The quantitative estimate of drug-likeness (QED) is 0.566. The molecule has 0 bridgehead atoms. The fourth-order valence-electron chi connectivity index (χ4n) is 2.64. The second-order valence-corrected chi connectivity index (χ2v) is 6.26. The van der Waals surface area contributed by atoms with Crippen LogP contribution < -0.4 is 20.8 Å². The van der Waals surface area contributed by atoms with E-state index in [0.717, 1.165) is 5.01 Å². The Morgan fingerprint density at radius 1 is 1.12 bits per heavy atom. The van der Waals surface area contributed by atoms with Crippen LogP contribution in [-0.4, -0.2) is 29.2 Å². The zero-order chi connectivity index (χ0) is 18.7. The van der Waals surface area contributed by atoms with Gasteiger partial charge < -0.3 is 15.4 Å². The minimum atomic E-state index is -1.15. The van der Waals surface area contributed by atoms with Gasteiger partial charge in [-0.15, -0.1) is 0 Å². The Morgan fingerprint density at radius 2 is 1.77 bits per heavy atom. The van der Waals surface area contributed by atoms with E-state index in [1.807, 2.05) is 18.2 Å². The maximum Gasteiger partial charge on any atom is 0.344 e. The molecule has 0 aromatic heterocycles. The third-order valence-electron chi connectivity index (χ3n) is 4.10. The first-order valence-corrected chi connectivity index (χ1v) is 8.29. The third-order valence-corrected chi connectivity index (χ3v) is 4.30. The number of methoxy groups -OCH3 is 1. The molecule has 0 radical (unpaired) electrons. The zero-order valence-electron chi connectivity index (χ0n) is 14.3. The number of hydrogen-bond acceptors (Lipinski definition) is 4. The molecule has 8 heteroatoms. The second-order valence-electron chi connectivity index (χ2n) is 5.86. The van der Waals surface area contributed by atoms with Crippen molar-refractivity contribution in [2.45, 2.75) is 12.5 Å². The number of ether oxygens (including phenoxy) is 1. The van der Waals surface area contributed by atoms with Gasteiger partial charge in [0.2, 0.25) is 0 Å². The summed E-state index contributed by atoms with van der Waals surface area (Å²) in [6.45, 7) is 1.66. The lowest BCUT2D eigenvalue weighted by atomic mass is 9.92. The van der Waals surface area contributed by atoms with E-state index >= 15 is 0 Å². The van der Waals surface area contributed by atoms with Gasteiger partial charge in [0.1, 0.15) is 11.3 Å². The summed E-state index contributed by atoms with van der Waals surface area (Å²) in [4.78, 5) is 25.1. The molecular formula is C18H18N4O3S. The first-order chi connectivity index (χ1) is 12.4. The van der Waals surface area contributed by atoms with Crippen LogP contribution in [0.3, 0.4) is 0 Å². The first-order valence-electron chi connectivity index (χ1n) is 7.88. The topological polar surface area (TPSA) is 82.7 Å². The van der Waals surface area contributed by atoms with Crippen LogP contribution in [0.25, 0.3) is 0 Å². The average molecular weight is 370 g/mol. The molecule has 0 spiro atoms. The van der Waals surface area contributed by atoms with Crippen LogP contribution in [0, 0.1) is 0 Å². The maximum atomic E-state index is 12.8. The van der Waals surface area contributed by atoms with Gasteiger partial charge in [0.05, 0.1) is 7.11 Å². The Hall–Kier alpha value is -3.13. The Bertz CT molecular complexity index is 841. The van der Waals surface area contributed by atoms with Gasteiger partial charge in [-0.05, 0) is 49.0 Å². The van der Waals surface area contributed by atoms with Crippen LogP contribution in [-0.2, 0) is 10.3 Å². The summed E-state index contributed by atoms with van der Waals surface area (Å²) >= 11 is 5.20. The summed E-state index contributed by atoms with van der Waals surface area (Å²) in [6, 6.07) is 15.6. The van der Waals surface area contributed by atoms with E-state index in [1.54, 1.807) is 50.4 Å². The SMILES string of the molecule is COc1ccc(NC(=S)NN2C(=O)N[C@@](C)(c3ccccc3)C2=O)cc1. The molecule has 0 unspecified atom stereocenters. The molecule has 2 aromatic rings. The number of nitrogens with one attached hydrogen (secondary N) is 3. The van der Waals surface area contributed by atoms with Crippen molar-refractivity contribution < 1.29 is 14.3 Å². The molecule has 1 saturated heterocycles. The summed E-state index contributed by atoms with van der Waals surface area (Å²) in [5.41, 5.74) is 2.88. The van der Waals surface area contributed by atoms with Crippen molar-refractivity contribution in [3.05, 3.63) is 60.2 Å². The predicted molar refractivity (Wildman–Crippen MR) is 102 cm³/mol. The lowest BCUT2D eigenvalue weighted by Gasteiger charge is -2.22. The molecule has 3 rings (SSSR count). The van der Waals surface area contributed by atoms with Crippen molar-refractivity contribution in [1.29, 1.82) is 0 Å². The van der Waals surface area contributed by atoms with Gasteiger partial charge in [0.25, 0.3) is 5.91 Å². The highest BCUT2D eigenvalue weighted by Gasteiger charge is 2.49. The predicted octanol–water partition coefficient (Wildman–Crippen LogP) is 2.36. The van der Waals surface area contributed by atoms with Gasteiger partial charge >= 0.3 is 6.03 Å². The van der Waals surface area contributed by atoms with Crippen LogP contribution >= 0.6 is 12.2 Å². The molecule has 1 atom stereocenters. The number of carbonyl (C=O) groups excluding carboxylic acids is 2. The number of hydrogen-bond donors (Lipinski definition) is 3. The van der Waals surface area contributed by atoms with Crippen LogP contribution in [0.4, 0.5) is 10.5 Å². The number of rotatable bonds is 4. The lowest BCUT2D eigenvalue weighted by molar-refractivity contribution is -0.132. The summed E-state index contributed by atoms with van der Waals surface area (Å²) < 4.78 is 5.09. The highest BCUT2D eigenvalue weighted by molar-refractivity contribution is 7.80. The van der Waals surface area contributed by atoms with E-state index in [1.165, 1.54) is 0 Å². The number of imide groups is 1. The van der Waals surface area contributed by atoms with Gasteiger partial charge in [-0.3, -0.25) is 10.2 Å². The number of amides is 3. The highest BCUT2D eigenvalue weighted by Crippen LogP contribution is 2.27. The normalized spacial score (nSPS) is 19.1. The average Bonchev–Trinajstić information content (AvgIpc) is 2.87. The van der Waals surface area contributed by atoms with Gasteiger partial charge in [0.15, 0.2) is 5.11 Å². The van der Waals surface area contributed by atoms with E-state index in [0.29, 0.717) is 17.0 Å². The highest BCUT2D eigenvalue weighted by atomic mass is 32.1. The van der Waals surface area contributed by atoms with E-state index in [2.05, 4.69) is 16.1 Å². The summed E-state index contributed by atoms with van der Waals surface area (Å²) in [6.07, 6.45) is 0. The summed E-state index contributed by atoms with van der Waals surface area (Å²) in [7, 11) is 1.58. The minimum absolute atomic E-state index is 0.121. The van der Waals surface area contributed by atoms with E-state index < -0.39 is 17.5 Å². The largest absolute Gasteiger partial charge is 0.497 e. The number of urea groups is 1. The van der Waals surface area contributed by atoms with E-state index in [9.17, 15) is 9.59 Å². The van der Waals surface area contributed by atoms with Crippen molar-refractivity contribution in [3.63, 3.8) is 0 Å². The molecule has 2 aromatic carbocycles. The van der Waals surface area contributed by atoms with Gasteiger partial charge in [-0.2, -0.15) is 5.01 Å². The van der Waals surface area contributed by atoms with Crippen LogP contribution in [0.15, 0.2) is 54.6 Å². The number of nitrogens with zero attached hydrogens (tertiary/aromatic N) is 1. The molecule has 1 aliphatic heterocycles. The molecular weight excluding hydrogens is 352 g/mol. The van der Waals surface area contributed by atoms with Crippen molar-refractivity contribution in [2.75, 3.05) is 12.4 Å². The standard InChI is InChI=1S/C18H18N4O3S/c1-18(12-6-4-3-5-7-12)15(23)22(17(24)20-18)21-16(26)19-13-8-10-14(25-2)11-9-13/h3-11H,1-2H3,(H,20,24)(H2,19,21,26)/t18-/m0/s1. The third kappa shape index (κ3) is 3.31. The van der Waals surface area contributed by atoms with Gasteiger partial charge in [-0.25, -0.2) is 4.79 Å². The smallest absolute Gasteiger partial charge is 0.344 e. The molecule has 1 heterocycles. The zero-order valence-corrected chi connectivity index (χ0v) is 15.1. The summed E-state index contributed by atoms with van der Waals surface area (Å²) in [5, 5.41) is 6.62. The van der Waals surface area contributed by atoms with Crippen LogP contribution in [0.2, 0.25) is 0 Å². The number of anilines is 1. The van der Waals surface area contributed by atoms with E-state index in [4.69, 9.17) is 17.0 Å². The molecule has 1 fully saturated rings. The molecule has 0 aliphatic carbocycles. The monoisotopic (exact) mass is 370 g/mol. The molecule has 134 valence electrons. The maximum absolute atomic E-state index is 12.8. The molecule has 7 nitrogen and oxygen atoms in total. The Morgan fingerprint density at radius 3 is 2.38 bits per heavy atom. The molecule has 3 N–H and O–H groups in total. The van der Waals surface area contributed by atoms with Crippen molar-refractivity contribution >= 4 is 35.0 Å². The van der Waals surface area contributed by atoms with E-state index in [-0.39, 0.29) is 5.11 Å². The molecule has 26 heavy (non-hydrogen) atoms. The number of thiocarbonyl (C=S) groups is 1. The Kier molecular flexibility index (Phi) is 4.77. The second kappa shape index (κ2) is 7.01. The van der Waals surface area contributed by atoms with Crippen molar-refractivity contribution in [2.24, 2.45) is 0 Å². The first kappa shape index (κ1) is 17.7. The van der Waals surface area contributed by atoms with Crippen LogP contribution in [0.5, 0.6) is 5.75 Å². The fraction of sp³-hybridized carbons (Fsp3) is 0.167. The molecule has 3 amide bonds. The summed E-state index contributed by atoms with van der Waals surface area (Å²) in [5.74, 6) is 0.273. The lowest BCUT2D eigenvalue weighted by Crippen LogP contribution is -2.49. The number of hydrazine groups is 1. The van der Waals surface area contributed by atoms with Gasteiger partial charge in [0, 0.05) is 5.69 Å². The van der Waals surface area contributed by atoms with Crippen molar-refractivity contribution in [1.82, 2.24) is 15.8 Å². The Labute approximate surface area is 156 Å². The number of carbonyl (C=O) groups is 2.